The maximum atomic E-state index is 12.2. The summed E-state index contributed by atoms with van der Waals surface area (Å²) in [6.07, 6.45) is 0. The van der Waals surface area contributed by atoms with Crippen LogP contribution in [0.5, 0.6) is 0 Å². The van der Waals surface area contributed by atoms with Gasteiger partial charge in [0.25, 0.3) is 0 Å². The van der Waals surface area contributed by atoms with Crippen LogP contribution in [0.15, 0.2) is 65.6 Å². The lowest BCUT2D eigenvalue weighted by molar-refractivity contribution is 0.583. The minimum absolute atomic E-state index is 0.187. The van der Waals surface area contributed by atoms with E-state index < -0.39 is 10.0 Å². The molecular formula is C20H20N6O2S. The number of hydrogen-bond donors (Lipinski definition) is 3. The molecule has 9 heteroatoms. The summed E-state index contributed by atoms with van der Waals surface area (Å²) in [5.74, 6) is 0.981. The number of benzene rings is 2. The number of nitrogens with one attached hydrogen (secondary N) is 3. The Morgan fingerprint density at radius 1 is 1.00 bits per heavy atom. The van der Waals surface area contributed by atoms with Gasteiger partial charge in [-0.25, -0.2) is 18.1 Å². The highest BCUT2D eigenvalue weighted by molar-refractivity contribution is 7.89. The fraction of sp³-hybridized carbons (Fsp3) is 0.150. The van der Waals surface area contributed by atoms with E-state index in [0.29, 0.717) is 23.9 Å². The third-order valence-corrected chi connectivity index (χ3v) is 5.37. The minimum atomic E-state index is -3.54. The van der Waals surface area contributed by atoms with Crippen LogP contribution in [-0.2, 0) is 10.0 Å². The number of hydrogen-bond acceptors (Lipinski definition) is 7. The van der Waals surface area contributed by atoms with E-state index in [9.17, 15) is 8.42 Å². The largest absolute Gasteiger partial charge is 0.353 e. The van der Waals surface area contributed by atoms with Crippen LogP contribution < -0.4 is 15.4 Å². The number of sulfonamides is 1. The summed E-state index contributed by atoms with van der Waals surface area (Å²) in [4.78, 5) is 8.92. The van der Waals surface area contributed by atoms with Crippen molar-refractivity contribution < 1.29 is 8.42 Å². The van der Waals surface area contributed by atoms with Crippen LogP contribution in [0.2, 0.25) is 0 Å². The van der Waals surface area contributed by atoms with Crippen molar-refractivity contribution >= 4 is 27.5 Å². The zero-order valence-corrected chi connectivity index (χ0v) is 16.6. The SMILES string of the molecule is Cc1cc(Nc2ccc(C#N)cc2)nc(NCCNS(=O)(=O)c2ccccc2)n1. The van der Waals surface area contributed by atoms with E-state index in [1.54, 1.807) is 60.7 Å². The number of aromatic nitrogens is 2. The van der Waals surface area contributed by atoms with Gasteiger partial charge in [-0.2, -0.15) is 10.2 Å². The smallest absolute Gasteiger partial charge is 0.240 e. The molecule has 1 aromatic heterocycles. The summed E-state index contributed by atoms with van der Waals surface area (Å²) in [7, 11) is -3.54. The summed E-state index contributed by atoms with van der Waals surface area (Å²) in [6, 6.07) is 19.1. The third-order valence-electron chi connectivity index (χ3n) is 3.89. The minimum Gasteiger partial charge on any atom is -0.353 e. The fourth-order valence-corrected chi connectivity index (χ4v) is 3.58. The number of aryl methyl sites for hydroxylation is 1. The second-order valence-corrected chi connectivity index (χ2v) is 7.94. The van der Waals surface area contributed by atoms with Crippen molar-refractivity contribution in [1.29, 1.82) is 5.26 Å². The molecule has 0 atom stereocenters. The maximum Gasteiger partial charge on any atom is 0.240 e. The van der Waals surface area contributed by atoms with Crippen molar-refractivity contribution in [2.75, 3.05) is 23.7 Å². The molecule has 3 N–H and O–H groups in total. The second-order valence-electron chi connectivity index (χ2n) is 6.17. The number of anilines is 3. The molecule has 0 aliphatic carbocycles. The summed E-state index contributed by atoms with van der Waals surface area (Å²) < 4.78 is 26.9. The highest BCUT2D eigenvalue weighted by Crippen LogP contribution is 2.17. The third kappa shape index (κ3) is 5.75. The molecule has 3 aromatic rings. The molecular weight excluding hydrogens is 388 g/mol. The van der Waals surface area contributed by atoms with Crippen LogP contribution in [0, 0.1) is 18.3 Å². The van der Waals surface area contributed by atoms with Gasteiger partial charge in [0, 0.05) is 30.5 Å². The Kier molecular flexibility index (Phi) is 6.39. The van der Waals surface area contributed by atoms with Crippen molar-refractivity contribution in [3.8, 4) is 6.07 Å². The van der Waals surface area contributed by atoms with Gasteiger partial charge in [-0.1, -0.05) is 18.2 Å². The molecule has 148 valence electrons. The standard InChI is InChI=1S/C20H20N6O2S/c1-15-13-19(25-17-9-7-16(14-21)8-10-17)26-20(24-15)22-11-12-23-29(27,28)18-5-3-2-4-6-18/h2-10,13,23H,11-12H2,1H3,(H2,22,24,25,26). The van der Waals surface area contributed by atoms with Crippen LogP contribution in [0.25, 0.3) is 0 Å². The quantitative estimate of drug-likeness (QED) is 0.490. The highest BCUT2D eigenvalue weighted by atomic mass is 32.2. The molecule has 0 saturated heterocycles. The van der Waals surface area contributed by atoms with Gasteiger partial charge in [0.15, 0.2) is 0 Å². The van der Waals surface area contributed by atoms with E-state index in [-0.39, 0.29) is 11.4 Å². The Morgan fingerprint density at radius 3 is 2.41 bits per heavy atom. The van der Waals surface area contributed by atoms with Crippen LogP contribution in [-0.4, -0.2) is 31.5 Å². The normalized spacial score (nSPS) is 10.9. The Balaban J connectivity index is 1.58. The first-order chi connectivity index (χ1) is 14.0. The molecule has 2 aromatic carbocycles. The number of rotatable bonds is 8. The lowest BCUT2D eigenvalue weighted by Crippen LogP contribution is -2.29. The van der Waals surface area contributed by atoms with Gasteiger partial charge in [-0.15, -0.1) is 0 Å². The summed E-state index contributed by atoms with van der Waals surface area (Å²) in [5, 5.41) is 15.0. The zero-order valence-electron chi connectivity index (χ0n) is 15.8. The molecule has 0 radical (unpaired) electrons. The topological polar surface area (TPSA) is 120 Å². The Bertz CT molecular complexity index is 1110. The molecule has 8 nitrogen and oxygen atoms in total. The van der Waals surface area contributed by atoms with Crippen molar-refractivity contribution in [3.05, 3.63) is 71.9 Å². The molecule has 0 fully saturated rings. The van der Waals surface area contributed by atoms with Crippen molar-refractivity contribution in [1.82, 2.24) is 14.7 Å². The van der Waals surface area contributed by atoms with Crippen LogP contribution >= 0.6 is 0 Å². The first kappa shape index (κ1) is 20.3. The van der Waals surface area contributed by atoms with Crippen molar-refractivity contribution in [2.24, 2.45) is 0 Å². The lowest BCUT2D eigenvalue weighted by atomic mass is 10.2. The van der Waals surface area contributed by atoms with Gasteiger partial charge < -0.3 is 10.6 Å². The predicted octanol–water partition coefficient (Wildman–Crippen LogP) is 2.79. The second kappa shape index (κ2) is 9.14. The molecule has 1 heterocycles. The highest BCUT2D eigenvalue weighted by Gasteiger charge is 2.12. The average Bonchev–Trinajstić information content (AvgIpc) is 2.72. The van der Waals surface area contributed by atoms with Crippen LogP contribution in [0.3, 0.4) is 0 Å². The van der Waals surface area contributed by atoms with E-state index >= 15 is 0 Å². The average molecular weight is 408 g/mol. The number of nitriles is 1. The molecule has 0 bridgehead atoms. The number of nitrogens with zero attached hydrogens (tertiary/aromatic N) is 3. The molecule has 0 spiro atoms. The monoisotopic (exact) mass is 408 g/mol. The van der Waals surface area contributed by atoms with Gasteiger partial charge >= 0.3 is 0 Å². The summed E-state index contributed by atoms with van der Waals surface area (Å²) in [5.41, 5.74) is 2.13. The maximum absolute atomic E-state index is 12.2. The van der Waals surface area contributed by atoms with E-state index in [2.05, 4.69) is 31.4 Å². The van der Waals surface area contributed by atoms with Gasteiger partial charge in [-0.05, 0) is 43.3 Å². The molecule has 0 aliphatic heterocycles. The van der Waals surface area contributed by atoms with Crippen LogP contribution in [0.1, 0.15) is 11.3 Å². The van der Waals surface area contributed by atoms with E-state index in [1.165, 1.54) is 0 Å². The first-order valence-electron chi connectivity index (χ1n) is 8.88. The van der Waals surface area contributed by atoms with E-state index in [4.69, 9.17) is 5.26 Å². The van der Waals surface area contributed by atoms with E-state index in [0.717, 1.165) is 11.4 Å². The van der Waals surface area contributed by atoms with E-state index in [1.807, 2.05) is 6.92 Å². The summed E-state index contributed by atoms with van der Waals surface area (Å²) >= 11 is 0. The zero-order chi connectivity index (χ0) is 20.7. The molecule has 0 unspecified atom stereocenters. The predicted molar refractivity (Wildman–Crippen MR) is 111 cm³/mol. The Hall–Kier alpha value is -3.48. The molecule has 29 heavy (non-hydrogen) atoms. The van der Waals surface area contributed by atoms with Crippen molar-refractivity contribution in [2.45, 2.75) is 11.8 Å². The fourth-order valence-electron chi connectivity index (χ4n) is 2.53. The van der Waals surface area contributed by atoms with Gasteiger partial charge in [-0.3, -0.25) is 0 Å². The van der Waals surface area contributed by atoms with Gasteiger partial charge in [0.2, 0.25) is 16.0 Å². The molecule has 0 amide bonds. The molecule has 0 saturated carbocycles. The Labute approximate surface area is 169 Å². The Morgan fingerprint density at radius 2 is 1.72 bits per heavy atom. The lowest BCUT2D eigenvalue weighted by Gasteiger charge is -2.11. The summed E-state index contributed by atoms with van der Waals surface area (Å²) in [6.45, 7) is 2.35. The van der Waals surface area contributed by atoms with Crippen LogP contribution in [0.4, 0.5) is 17.5 Å². The van der Waals surface area contributed by atoms with Crippen molar-refractivity contribution in [3.63, 3.8) is 0 Å². The van der Waals surface area contributed by atoms with Gasteiger partial charge in [0.05, 0.1) is 16.5 Å². The molecule has 0 aliphatic rings. The molecule has 3 rings (SSSR count). The first-order valence-corrected chi connectivity index (χ1v) is 10.4. The van der Waals surface area contributed by atoms with Gasteiger partial charge in [0.1, 0.15) is 5.82 Å².